The number of methoxy groups -OCH3 is 1. The first kappa shape index (κ1) is 12.9. The monoisotopic (exact) mass is 215 g/mol. The molecule has 1 N–H and O–H groups in total. The summed E-state index contributed by atoms with van der Waals surface area (Å²) in [6.45, 7) is 5.53. The Morgan fingerprint density at radius 3 is 2.47 bits per heavy atom. The van der Waals surface area contributed by atoms with Gasteiger partial charge in [-0.05, 0) is 31.6 Å². The van der Waals surface area contributed by atoms with Gasteiger partial charge in [-0.1, -0.05) is 6.92 Å². The molecule has 3 heteroatoms. The molecule has 1 fully saturated rings. The van der Waals surface area contributed by atoms with Gasteiger partial charge in [0, 0.05) is 19.7 Å². The predicted octanol–water partition coefficient (Wildman–Crippen LogP) is 1.82. The smallest absolute Gasteiger partial charge is 0.0700 e. The van der Waals surface area contributed by atoms with Crippen LogP contribution >= 0.6 is 0 Å². The summed E-state index contributed by atoms with van der Waals surface area (Å²) in [6.07, 6.45) is 5.42. The molecular weight excluding hydrogens is 190 g/mol. The Bertz CT molecular complexity index is 145. The van der Waals surface area contributed by atoms with Crippen molar-refractivity contribution in [1.82, 2.24) is 5.32 Å². The normalized spacial score (nSPS) is 26.8. The number of hydrogen-bond donors (Lipinski definition) is 1. The zero-order valence-electron chi connectivity index (χ0n) is 10.1. The molecule has 1 aliphatic carbocycles. The maximum atomic E-state index is 5.40. The van der Waals surface area contributed by atoms with Crippen LogP contribution in [0.5, 0.6) is 0 Å². The molecule has 15 heavy (non-hydrogen) atoms. The van der Waals surface area contributed by atoms with Crippen LogP contribution in [0.15, 0.2) is 0 Å². The van der Waals surface area contributed by atoms with E-state index in [1.165, 1.54) is 25.7 Å². The lowest BCUT2D eigenvalue weighted by molar-refractivity contribution is 0.0703. The van der Waals surface area contributed by atoms with E-state index in [-0.39, 0.29) is 0 Å². The zero-order valence-corrected chi connectivity index (χ0v) is 10.1. The van der Waals surface area contributed by atoms with Crippen LogP contribution in [0.1, 0.15) is 32.6 Å². The molecule has 1 rings (SSSR count). The third-order valence-electron chi connectivity index (χ3n) is 3.13. The van der Waals surface area contributed by atoms with Crippen molar-refractivity contribution in [1.29, 1.82) is 0 Å². The van der Waals surface area contributed by atoms with Crippen molar-refractivity contribution in [3.05, 3.63) is 0 Å². The molecule has 3 nitrogen and oxygen atoms in total. The SMILES string of the molecule is COCCOCCNC1CCC(C)CC1. The van der Waals surface area contributed by atoms with Crippen LogP contribution in [-0.2, 0) is 9.47 Å². The summed E-state index contributed by atoms with van der Waals surface area (Å²) in [5.74, 6) is 0.931. The van der Waals surface area contributed by atoms with Crippen LogP contribution < -0.4 is 5.32 Å². The fraction of sp³-hybridized carbons (Fsp3) is 1.00. The van der Waals surface area contributed by atoms with Gasteiger partial charge < -0.3 is 14.8 Å². The third-order valence-corrected chi connectivity index (χ3v) is 3.13. The van der Waals surface area contributed by atoms with Gasteiger partial charge in [0.15, 0.2) is 0 Å². The van der Waals surface area contributed by atoms with Crippen molar-refractivity contribution in [3.63, 3.8) is 0 Å². The van der Waals surface area contributed by atoms with E-state index in [2.05, 4.69) is 12.2 Å². The zero-order chi connectivity index (χ0) is 10.9. The highest BCUT2D eigenvalue weighted by atomic mass is 16.5. The molecule has 0 amide bonds. The maximum Gasteiger partial charge on any atom is 0.0700 e. The Balaban J connectivity index is 1.87. The second-order valence-electron chi connectivity index (χ2n) is 4.52. The molecule has 0 aromatic carbocycles. The average molecular weight is 215 g/mol. The summed E-state index contributed by atoms with van der Waals surface area (Å²) in [7, 11) is 1.70. The van der Waals surface area contributed by atoms with Gasteiger partial charge in [0.05, 0.1) is 19.8 Å². The van der Waals surface area contributed by atoms with Crippen LogP contribution in [0.25, 0.3) is 0 Å². The van der Waals surface area contributed by atoms with Gasteiger partial charge >= 0.3 is 0 Å². The lowest BCUT2D eigenvalue weighted by Crippen LogP contribution is -2.35. The molecule has 1 aliphatic rings. The molecule has 0 aromatic heterocycles. The van der Waals surface area contributed by atoms with Crippen LogP contribution in [-0.4, -0.2) is 39.5 Å². The van der Waals surface area contributed by atoms with E-state index in [4.69, 9.17) is 9.47 Å². The van der Waals surface area contributed by atoms with Crippen molar-refractivity contribution >= 4 is 0 Å². The fourth-order valence-corrected chi connectivity index (χ4v) is 2.04. The highest BCUT2D eigenvalue weighted by Crippen LogP contribution is 2.23. The molecule has 0 spiro atoms. The second kappa shape index (κ2) is 8.08. The largest absolute Gasteiger partial charge is 0.382 e. The van der Waals surface area contributed by atoms with E-state index in [9.17, 15) is 0 Å². The Labute approximate surface area is 93.5 Å². The lowest BCUT2D eigenvalue weighted by Gasteiger charge is -2.26. The Morgan fingerprint density at radius 1 is 1.07 bits per heavy atom. The lowest BCUT2D eigenvalue weighted by atomic mass is 9.87. The van der Waals surface area contributed by atoms with Gasteiger partial charge in [0.1, 0.15) is 0 Å². The van der Waals surface area contributed by atoms with Gasteiger partial charge in [-0.15, -0.1) is 0 Å². The van der Waals surface area contributed by atoms with Gasteiger partial charge in [0.25, 0.3) is 0 Å². The molecular formula is C12H25NO2. The van der Waals surface area contributed by atoms with Crippen molar-refractivity contribution in [2.24, 2.45) is 5.92 Å². The van der Waals surface area contributed by atoms with Crippen LogP contribution in [0.3, 0.4) is 0 Å². The van der Waals surface area contributed by atoms with E-state index < -0.39 is 0 Å². The minimum absolute atomic E-state index is 0.695. The minimum Gasteiger partial charge on any atom is -0.382 e. The molecule has 0 atom stereocenters. The first-order chi connectivity index (χ1) is 7.33. The standard InChI is InChI=1S/C12H25NO2/c1-11-3-5-12(6-4-11)13-7-8-15-10-9-14-2/h11-13H,3-10H2,1-2H3. The summed E-state index contributed by atoms with van der Waals surface area (Å²) in [6, 6.07) is 0.729. The Morgan fingerprint density at radius 2 is 1.80 bits per heavy atom. The van der Waals surface area contributed by atoms with Crippen LogP contribution in [0.4, 0.5) is 0 Å². The molecule has 0 unspecified atom stereocenters. The van der Waals surface area contributed by atoms with Gasteiger partial charge in [-0.25, -0.2) is 0 Å². The molecule has 0 radical (unpaired) electrons. The van der Waals surface area contributed by atoms with Crippen LogP contribution in [0.2, 0.25) is 0 Å². The van der Waals surface area contributed by atoms with E-state index >= 15 is 0 Å². The predicted molar refractivity (Wildman–Crippen MR) is 62.1 cm³/mol. The number of rotatable bonds is 7. The molecule has 0 heterocycles. The molecule has 0 bridgehead atoms. The highest BCUT2D eigenvalue weighted by molar-refractivity contribution is 4.74. The van der Waals surface area contributed by atoms with E-state index in [0.29, 0.717) is 13.2 Å². The third kappa shape index (κ3) is 6.13. The first-order valence-electron chi connectivity index (χ1n) is 6.13. The molecule has 0 saturated heterocycles. The van der Waals surface area contributed by atoms with Gasteiger partial charge in [-0.3, -0.25) is 0 Å². The number of nitrogens with one attached hydrogen (secondary N) is 1. The van der Waals surface area contributed by atoms with Crippen molar-refractivity contribution in [2.75, 3.05) is 33.5 Å². The summed E-state index contributed by atoms with van der Waals surface area (Å²) < 4.78 is 10.3. The summed E-state index contributed by atoms with van der Waals surface area (Å²) >= 11 is 0. The van der Waals surface area contributed by atoms with Gasteiger partial charge in [0.2, 0.25) is 0 Å². The highest BCUT2D eigenvalue weighted by Gasteiger charge is 2.16. The summed E-state index contributed by atoms with van der Waals surface area (Å²) in [5, 5.41) is 3.55. The van der Waals surface area contributed by atoms with Crippen molar-refractivity contribution < 1.29 is 9.47 Å². The van der Waals surface area contributed by atoms with Gasteiger partial charge in [-0.2, -0.15) is 0 Å². The second-order valence-corrected chi connectivity index (χ2v) is 4.52. The first-order valence-corrected chi connectivity index (χ1v) is 6.13. The quantitative estimate of drug-likeness (QED) is 0.657. The molecule has 0 aliphatic heterocycles. The minimum atomic E-state index is 0.695. The summed E-state index contributed by atoms with van der Waals surface area (Å²) in [4.78, 5) is 0. The van der Waals surface area contributed by atoms with Crippen molar-refractivity contribution in [3.8, 4) is 0 Å². The Hall–Kier alpha value is -0.120. The van der Waals surface area contributed by atoms with E-state index in [0.717, 1.165) is 25.1 Å². The van der Waals surface area contributed by atoms with E-state index in [1.54, 1.807) is 7.11 Å². The fourth-order valence-electron chi connectivity index (χ4n) is 2.04. The van der Waals surface area contributed by atoms with Crippen molar-refractivity contribution in [2.45, 2.75) is 38.6 Å². The van der Waals surface area contributed by atoms with E-state index in [1.807, 2.05) is 0 Å². The summed E-state index contributed by atoms with van der Waals surface area (Å²) in [5.41, 5.74) is 0. The molecule has 0 aromatic rings. The van der Waals surface area contributed by atoms with Crippen LogP contribution in [0, 0.1) is 5.92 Å². The number of hydrogen-bond acceptors (Lipinski definition) is 3. The topological polar surface area (TPSA) is 30.5 Å². The number of ether oxygens (including phenoxy) is 2. The Kier molecular flexibility index (Phi) is 6.98. The molecule has 90 valence electrons. The molecule has 1 saturated carbocycles. The average Bonchev–Trinajstić information content (AvgIpc) is 2.26. The maximum absolute atomic E-state index is 5.40.